The maximum atomic E-state index is 12.5. The first-order valence-corrected chi connectivity index (χ1v) is 5.50. The average molecular weight is 264 g/mol. The molecule has 0 spiro atoms. The van der Waals surface area contributed by atoms with Crippen LogP contribution in [0.15, 0.2) is 0 Å². The van der Waals surface area contributed by atoms with Crippen LogP contribution in [0, 0.1) is 12.3 Å². The molecule has 1 heterocycles. The first-order valence-electron chi connectivity index (χ1n) is 5.50. The number of carbonyl (C=O) groups is 1. The van der Waals surface area contributed by atoms with Gasteiger partial charge in [0, 0.05) is 13.1 Å². The van der Waals surface area contributed by atoms with Crippen molar-refractivity contribution in [2.24, 2.45) is 0 Å². The van der Waals surface area contributed by atoms with Gasteiger partial charge in [-0.3, -0.25) is 9.69 Å². The van der Waals surface area contributed by atoms with Crippen LogP contribution in [0.25, 0.3) is 0 Å². The van der Waals surface area contributed by atoms with Crippen LogP contribution in [0.3, 0.4) is 0 Å². The highest BCUT2D eigenvalue weighted by Gasteiger charge is 2.54. The Bertz CT molecular complexity index is 341. The third-order valence-electron chi connectivity index (χ3n) is 2.97. The maximum Gasteiger partial charge on any atom is 0.417 e. The number of hydrogen-bond acceptors (Lipinski definition) is 3. The fourth-order valence-electron chi connectivity index (χ4n) is 1.77. The minimum absolute atomic E-state index is 0.00435. The lowest BCUT2D eigenvalue weighted by atomic mass is 9.91. The van der Waals surface area contributed by atoms with Gasteiger partial charge in [-0.25, -0.2) is 0 Å². The van der Waals surface area contributed by atoms with E-state index < -0.39 is 24.6 Å². The van der Waals surface area contributed by atoms with E-state index in [-0.39, 0.29) is 32.1 Å². The van der Waals surface area contributed by atoms with Gasteiger partial charge in [0.2, 0.25) is 5.91 Å². The number of amides is 1. The first kappa shape index (κ1) is 14.8. The molecule has 7 heteroatoms. The Morgan fingerprint density at radius 3 is 2.44 bits per heavy atom. The van der Waals surface area contributed by atoms with Gasteiger partial charge in [-0.1, -0.05) is 5.92 Å². The molecule has 0 aromatic carbocycles. The summed E-state index contributed by atoms with van der Waals surface area (Å²) in [4.78, 5) is 12.9. The van der Waals surface area contributed by atoms with Gasteiger partial charge in [-0.05, 0) is 12.8 Å². The monoisotopic (exact) mass is 264 g/mol. The van der Waals surface area contributed by atoms with Crippen LogP contribution in [-0.2, 0) is 4.79 Å². The molecule has 1 amide bonds. The SMILES string of the molecule is C#CCNC(=O)CN1CCC(O)(C(F)(F)F)CC1. The highest BCUT2D eigenvalue weighted by molar-refractivity contribution is 5.78. The Balaban J connectivity index is 2.41. The van der Waals surface area contributed by atoms with Crippen LogP contribution in [-0.4, -0.2) is 53.9 Å². The molecule has 0 atom stereocenters. The average Bonchev–Trinajstić information content (AvgIpc) is 2.28. The molecule has 102 valence electrons. The lowest BCUT2D eigenvalue weighted by Gasteiger charge is -2.38. The minimum atomic E-state index is -4.62. The molecular formula is C11H15F3N2O2. The summed E-state index contributed by atoms with van der Waals surface area (Å²) in [6.45, 7) is 0.147. The summed E-state index contributed by atoms with van der Waals surface area (Å²) in [6.07, 6.45) is -0.499. The molecule has 1 fully saturated rings. The molecule has 0 aliphatic carbocycles. The van der Waals surface area contributed by atoms with E-state index in [0.717, 1.165) is 0 Å². The Morgan fingerprint density at radius 2 is 2.00 bits per heavy atom. The highest BCUT2D eigenvalue weighted by Crippen LogP contribution is 2.38. The van der Waals surface area contributed by atoms with E-state index in [1.54, 1.807) is 4.90 Å². The van der Waals surface area contributed by atoms with Crippen molar-refractivity contribution in [3.05, 3.63) is 0 Å². The van der Waals surface area contributed by atoms with Gasteiger partial charge in [-0.2, -0.15) is 13.2 Å². The number of carbonyl (C=O) groups excluding carboxylic acids is 1. The summed E-state index contributed by atoms with van der Waals surface area (Å²) in [7, 11) is 0. The maximum absolute atomic E-state index is 12.5. The number of rotatable bonds is 3. The molecule has 0 radical (unpaired) electrons. The summed E-state index contributed by atoms with van der Waals surface area (Å²) < 4.78 is 37.5. The minimum Gasteiger partial charge on any atom is -0.380 e. The molecular weight excluding hydrogens is 249 g/mol. The second-order valence-electron chi connectivity index (χ2n) is 4.29. The zero-order valence-electron chi connectivity index (χ0n) is 9.76. The van der Waals surface area contributed by atoms with Crippen molar-refractivity contribution < 1.29 is 23.1 Å². The third-order valence-corrected chi connectivity index (χ3v) is 2.97. The standard InChI is InChI=1S/C11H15F3N2O2/c1-2-5-15-9(17)8-16-6-3-10(18,4-7-16)11(12,13)14/h1,18H,3-8H2,(H,15,17). The molecule has 18 heavy (non-hydrogen) atoms. The van der Waals surface area contributed by atoms with Crippen molar-refractivity contribution >= 4 is 5.91 Å². The number of hydrogen-bond donors (Lipinski definition) is 2. The molecule has 1 aliphatic rings. The van der Waals surface area contributed by atoms with E-state index in [1.165, 1.54) is 0 Å². The van der Waals surface area contributed by atoms with E-state index in [2.05, 4.69) is 11.2 Å². The summed E-state index contributed by atoms with van der Waals surface area (Å²) in [5.41, 5.74) is -2.63. The van der Waals surface area contributed by atoms with Crippen LogP contribution in [0.5, 0.6) is 0 Å². The van der Waals surface area contributed by atoms with Crippen molar-refractivity contribution in [2.45, 2.75) is 24.6 Å². The predicted molar refractivity (Wildman–Crippen MR) is 58.5 cm³/mol. The summed E-state index contributed by atoms with van der Waals surface area (Å²) in [5.74, 6) is 1.90. The van der Waals surface area contributed by atoms with Crippen molar-refractivity contribution in [3.8, 4) is 12.3 Å². The Kier molecular flexibility index (Phi) is 4.59. The highest BCUT2D eigenvalue weighted by atomic mass is 19.4. The van der Waals surface area contributed by atoms with Gasteiger partial charge < -0.3 is 10.4 Å². The number of aliphatic hydroxyl groups is 1. The molecule has 1 aliphatic heterocycles. The largest absolute Gasteiger partial charge is 0.417 e. The molecule has 4 nitrogen and oxygen atoms in total. The van der Waals surface area contributed by atoms with Crippen LogP contribution >= 0.6 is 0 Å². The summed E-state index contributed by atoms with van der Waals surface area (Å²) in [6, 6.07) is 0. The molecule has 1 saturated heterocycles. The van der Waals surface area contributed by atoms with E-state index >= 15 is 0 Å². The Hall–Kier alpha value is -1.26. The zero-order chi connectivity index (χ0) is 13.8. The van der Waals surface area contributed by atoms with Gasteiger partial charge in [-0.15, -0.1) is 6.42 Å². The second kappa shape index (κ2) is 5.59. The van der Waals surface area contributed by atoms with Crippen LogP contribution in [0.4, 0.5) is 13.2 Å². The van der Waals surface area contributed by atoms with Crippen LogP contribution < -0.4 is 5.32 Å². The van der Waals surface area contributed by atoms with E-state index in [1.807, 2.05) is 0 Å². The molecule has 0 saturated carbocycles. The van der Waals surface area contributed by atoms with Gasteiger partial charge >= 0.3 is 6.18 Å². The van der Waals surface area contributed by atoms with Crippen molar-refractivity contribution in [3.63, 3.8) is 0 Å². The normalized spacial score (nSPS) is 20.2. The molecule has 0 aromatic heterocycles. The zero-order valence-corrected chi connectivity index (χ0v) is 9.76. The second-order valence-corrected chi connectivity index (χ2v) is 4.29. The van der Waals surface area contributed by atoms with Crippen molar-refractivity contribution in [2.75, 3.05) is 26.2 Å². The van der Waals surface area contributed by atoms with Gasteiger partial charge in [0.05, 0.1) is 13.1 Å². The lowest BCUT2D eigenvalue weighted by Crippen LogP contribution is -2.54. The smallest absolute Gasteiger partial charge is 0.380 e. The summed E-state index contributed by atoms with van der Waals surface area (Å²) >= 11 is 0. The fraction of sp³-hybridized carbons (Fsp3) is 0.727. The molecule has 2 N–H and O–H groups in total. The molecule has 0 aromatic rings. The topological polar surface area (TPSA) is 52.6 Å². The number of halogens is 3. The van der Waals surface area contributed by atoms with Crippen LogP contribution in [0.1, 0.15) is 12.8 Å². The van der Waals surface area contributed by atoms with E-state index in [9.17, 15) is 23.1 Å². The number of likely N-dealkylation sites (tertiary alicyclic amines) is 1. The number of alkyl halides is 3. The molecule has 0 unspecified atom stereocenters. The quantitative estimate of drug-likeness (QED) is 0.712. The van der Waals surface area contributed by atoms with E-state index in [0.29, 0.717) is 0 Å². The number of piperidine rings is 1. The van der Waals surface area contributed by atoms with Crippen molar-refractivity contribution in [1.29, 1.82) is 0 Å². The number of nitrogens with zero attached hydrogens (tertiary/aromatic N) is 1. The van der Waals surface area contributed by atoms with Gasteiger partial charge in [0.15, 0.2) is 5.60 Å². The van der Waals surface area contributed by atoms with Crippen molar-refractivity contribution in [1.82, 2.24) is 10.2 Å². The predicted octanol–water partition coefficient (Wildman–Crippen LogP) is 0.125. The number of terminal acetylenes is 1. The lowest BCUT2D eigenvalue weighted by molar-refractivity contribution is -0.272. The Morgan fingerprint density at radius 1 is 1.44 bits per heavy atom. The molecule has 0 bridgehead atoms. The van der Waals surface area contributed by atoms with Gasteiger partial charge in [0.25, 0.3) is 0 Å². The first-order chi connectivity index (χ1) is 8.28. The Labute approximate surface area is 103 Å². The third kappa shape index (κ3) is 3.62. The fourth-order valence-corrected chi connectivity index (χ4v) is 1.77. The van der Waals surface area contributed by atoms with Gasteiger partial charge in [0.1, 0.15) is 0 Å². The number of nitrogens with one attached hydrogen (secondary N) is 1. The van der Waals surface area contributed by atoms with E-state index in [4.69, 9.17) is 6.42 Å². The summed E-state index contributed by atoms with van der Waals surface area (Å²) in [5, 5.41) is 11.9. The molecule has 1 rings (SSSR count). The van der Waals surface area contributed by atoms with Crippen LogP contribution in [0.2, 0.25) is 0 Å².